The fourth-order valence-electron chi connectivity index (χ4n) is 0.885. The minimum atomic E-state index is -0.874. The highest BCUT2D eigenvalue weighted by Gasteiger charge is 2.35. The molecular formula is C8H13N5O. The van der Waals surface area contributed by atoms with Crippen LogP contribution in [-0.2, 0) is 4.79 Å². The Kier molecular flexibility index (Phi) is 2.76. The van der Waals surface area contributed by atoms with Crippen molar-refractivity contribution in [3.63, 3.8) is 0 Å². The molecule has 6 nitrogen and oxygen atoms in total. The highest BCUT2D eigenvalue weighted by Crippen LogP contribution is 2.28. The predicted octanol–water partition coefficient (Wildman–Crippen LogP) is -0.617. The molecule has 1 aromatic rings. The smallest absolute Gasteiger partial charge is 0.225 e. The molecule has 1 rings (SSSR count). The van der Waals surface area contributed by atoms with Crippen molar-refractivity contribution < 1.29 is 4.79 Å². The maximum atomic E-state index is 11.1. The SMILES string of the molecule is CC(C)(C(N)=O)C(N)c1ncncn1. The summed E-state index contributed by atoms with van der Waals surface area (Å²) in [6.07, 6.45) is 2.67. The fourth-order valence-corrected chi connectivity index (χ4v) is 0.885. The Morgan fingerprint density at radius 1 is 1.43 bits per heavy atom. The van der Waals surface area contributed by atoms with E-state index in [1.807, 2.05) is 0 Å². The van der Waals surface area contributed by atoms with Gasteiger partial charge in [0.1, 0.15) is 18.5 Å². The Morgan fingerprint density at radius 2 is 1.93 bits per heavy atom. The van der Waals surface area contributed by atoms with Crippen LogP contribution in [0.25, 0.3) is 0 Å². The molecule has 0 spiro atoms. The molecule has 14 heavy (non-hydrogen) atoms. The number of hydrogen-bond donors (Lipinski definition) is 2. The third-order valence-electron chi connectivity index (χ3n) is 2.20. The summed E-state index contributed by atoms with van der Waals surface area (Å²) < 4.78 is 0. The van der Waals surface area contributed by atoms with Crippen molar-refractivity contribution in [3.05, 3.63) is 18.5 Å². The molecule has 6 heteroatoms. The fraction of sp³-hybridized carbons (Fsp3) is 0.500. The summed E-state index contributed by atoms with van der Waals surface area (Å²) in [5.41, 5.74) is 10.2. The Morgan fingerprint density at radius 3 is 2.36 bits per heavy atom. The van der Waals surface area contributed by atoms with Gasteiger partial charge in [0, 0.05) is 0 Å². The lowest BCUT2D eigenvalue weighted by molar-refractivity contribution is -0.127. The summed E-state index contributed by atoms with van der Waals surface area (Å²) >= 11 is 0. The van der Waals surface area contributed by atoms with E-state index in [1.54, 1.807) is 13.8 Å². The topological polar surface area (TPSA) is 108 Å². The van der Waals surface area contributed by atoms with Crippen LogP contribution in [0.5, 0.6) is 0 Å². The summed E-state index contributed by atoms with van der Waals surface area (Å²) in [5.74, 6) is -0.116. The van der Waals surface area contributed by atoms with Crippen molar-refractivity contribution in [3.8, 4) is 0 Å². The van der Waals surface area contributed by atoms with Crippen molar-refractivity contribution in [2.45, 2.75) is 19.9 Å². The van der Waals surface area contributed by atoms with Crippen LogP contribution >= 0.6 is 0 Å². The molecule has 1 unspecified atom stereocenters. The highest BCUT2D eigenvalue weighted by atomic mass is 16.1. The first-order valence-electron chi connectivity index (χ1n) is 4.13. The van der Waals surface area contributed by atoms with E-state index in [0.717, 1.165) is 0 Å². The minimum Gasteiger partial charge on any atom is -0.369 e. The Labute approximate surface area is 81.8 Å². The van der Waals surface area contributed by atoms with E-state index in [2.05, 4.69) is 15.0 Å². The van der Waals surface area contributed by atoms with Gasteiger partial charge in [0.05, 0.1) is 11.5 Å². The van der Waals surface area contributed by atoms with Crippen LogP contribution in [0.1, 0.15) is 25.7 Å². The summed E-state index contributed by atoms with van der Waals surface area (Å²) in [4.78, 5) is 22.5. The van der Waals surface area contributed by atoms with Crippen molar-refractivity contribution in [2.75, 3.05) is 0 Å². The molecule has 0 saturated heterocycles. The van der Waals surface area contributed by atoms with Crippen molar-refractivity contribution in [1.29, 1.82) is 0 Å². The Hall–Kier alpha value is -1.56. The monoisotopic (exact) mass is 195 g/mol. The minimum absolute atomic E-state index is 0.365. The van der Waals surface area contributed by atoms with Crippen molar-refractivity contribution in [1.82, 2.24) is 15.0 Å². The second kappa shape index (κ2) is 3.67. The van der Waals surface area contributed by atoms with Gasteiger partial charge in [-0.05, 0) is 13.8 Å². The third-order valence-corrected chi connectivity index (χ3v) is 2.20. The van der Waals surface area contributed by atoms with Crippen LogP contribution in [0.3, 0.4) is 0 Å². The number of rotatable bonds is 3. The second-order valence-electron chi connectivity index (χ2n) is 3.56. The number of primary amides is 1. The molecule has 0 radical (unpaired) electrons. The Balaban J connectivity index is 2.96. The first kappa shape index (κ1) is 10.5. The average Bonchev–Trinajstić information content (AvgIpc) is 2.17. The molecule has 0 aliphatic carbocycles. The number of nitrogens with two attached hydrogens (primary N) is 2. The van der Waals surface area contributed by atoms with Crippen LogP contribution in [-0.4, -0.2) is 20.9 Å². The van der Waals surface area contributed by atoms with Crippen LogP contribution in [0.2, 0.25) is 0 Å². The van der Waals surface area contributed by atoms with Gasteiger partial charge in [-0.25, -0.2) is 15.0 Å². The van der Waals surface area contributed by atoms with Crippen molar-refractivity contribution >= 4 is 5.91 Å². The summed E-state index contributed by atoms with van der Waals surface area (Å²) in [5, 5.41) is 0. The number of nitrogens with zero attached hydrogens (tertiary/aromatic N) is 3. The molecule has 1 aromatic heterocycles. The quantitative estimate of drug-likeness (QED) is 0.668. The Bertz CT molecular complexity index is 324. The van der Waals surface area contributed by atoms with Gasteiger partial charge in [-0.2, -0.15) is 0 Å². The lowest BCUT2D eigenvalue weighted by atomic mass is 9.84. The van der Waals surface area contributed by atoms with E-state index in [1.165, 1.54) is 12.7 Å². The largest absolute Gasteiger partial charge is 0.369 e. The average molecular weight is 195 g/mol. The molecule has 0 saturated carbocycles. The molecule has 0 aliphatic heterocycles. The molecule has 1 heterocycles. The van der Waals surface area contributed by atoms with E-state index in [-0.39, 0.29) is 0 Å². The predicted molar refractivity (Wildman–Crippen MR) is 49.7 cm³/mol. The maximum absolute atomic E-state index is 11.1. The van der Waals surface area contributed by atoms with Gasteiger partial charge in [-0.1, -0.05) is 0 Å². The molecular weight excluding hydrogens is 182 g/mol. The number of amides is 1. The van der Waals surface area contributed by atoms with E-state index in [0.29, 0.717) is 5.82 Å². The molecule has 1 atom stereocenters. The molecule has 0 aromatic carbocycles. The number of aromatic nitrogens is 3. The normalized spacial score (nSPS) is 13.6. The van der Waals surface area contributed by atoms with Gasteiger partial charge >= 0.3 is 0 Å². The number of carbonyl (C=O) groups excluding carboxylic acids is 1. The van der Waals surface area contributed by atoms with Crippen LogP contribution < -0.4 is 11.5 Å². The van der Waals surface area contributed by atoms with E-state index in [9.17, 15) is 4.79 Å². The van der Waals surface area contributed by atoms with Crippen LogP contribution in [0, 0.1) is 5.41 Å². The summed E-state index contributed by atoms with van der Waals surface area (Å²) in [6.45, 7) is 3.31. The zero-order valence-corrected chi connectivity index (χ0v) is 8.14. The third kappa shape index (κ3) is 1.85. The number of carbonyl (C=O) groups is 1. The molecule has 76 valence electrons. The van der Waals surface area contributed by atoms with Gasteiger partial charge in [-0.3, -0.25) is 4.79 Å². The first-order valence-corrected chi connectivity index (χ1v) is 4.13. The standard InChI is InChI=1S/C8H13N5O/c1-8(2,7(10)14)5(9)6-12-3-11-4-13-6/h3-5H,9H2,1-2H3,(H2,10,14). The zero-order chi connectivity index (χ0) is 10.8. The molecule has 4 N–H and O–H groups in total. The molecule has 1 amide bonds. The molecule has 0 bridgehead atoms. The van der Waals surface area contributed by atoms with E-state index < -0.39 is 17.4 Å². The van der Waals surface area contributed by atoms with Gasteiger partial charge in [0.25, 0.3) is 0 Å². The van der Waals surface area contributed by atoms with Gasteiger partial charge < -0.3 is 11.5 Å². The van der Waals surface area contributed by atoms with E-state index in [4.69, 9.17) is 11.5 Å². The summed E-state index contributed by atoms with van der Waals surface area (Å²) in [7, 11) is 0. The lowest BCUT2D eigenvalue weighted by Gasteiger charge is -2.26. The molecule has 0 aliphatic rings. The van der Waals surface area contributed by atoms with Gasteiger partial charge in [-0.15, -0.1) is 0 Å². The van der Waals surface area contributed by atoms with Gasteiger partial charge in [0.2, 0.25) is 5.91 Å². The second-order valence-corrected chi connectivity index (χ2v) is 3.56. The van der Waals surface area contributed by atoms with Crippen molar-refractivity contribution in [2.24, 2.45) is 16.9 Å². The molecule has 0 fully saturated rings. The summed E-state index contributed by atoms with van der Waals surface area (Å²) in [6, 6.07) is -0.622. The zero-order valence-electron chi connectivity index (χ0n) is 8.14. The number of hydrogen-bond acceptors (Lipinski definition) is 5. The highest BCUT2D eigenvalue weighted by molar-refractivity contribution is 5.80. The lowest BCUT2D eigenvalue weighted by Crippen LogP contribution is -2.41. The van der Waals surface area contributed by atoms with Crippen LogP contribution in [0.15, 0.2) is 12.7 Å². The van der Waals surface area contributed by atoms with E-state index >= 15 is 0 Å². The maximum Gasteiger partial charge on any atom is 0.225 e. The van der Waals surface area contributed by atoms with Gasteiger partial charge in [0.15, 0.2) is 0 Å². The first-order chi connectivity index (χ1) is 6.46. The van der Waals surface area contributed by atoms with Crippen LogP contribution in [0.4, 0.5) is 0 Å².